The van der Waals surface area contributed by atoms with Crippen molar-refractivity contribution in [3.8, 4) is 5.75 Å². The van der Waals surface area contributed by atoms with Gasteiger partial charge in [0.25, 0.3) is 0 Å². The number of aromatic nitrogens is 1. The minimum absolute atomic E-state index is 0.282. The molecule has 0 radical (unpaired) electrons. The molecule has 0 saturated carbocycles. The van der Waals surface area contributed by atoms with Crippen LogP contribution in [0.1, 0.15) is 43.6 Å². The van der Waals surface area contributed by atoms with Gasteiger partial charge in [-0.2, -0.15) is 11.8 Å². The Labute approximate surface area is 220 Å². The first-order valence-electron chi connectivity index (χ1n) is 11.4. The van der Waals surface area contributed by atoms with Gasteiger partial charge in [-0.3, -0.25) is 9.47 Å². The van der Waals surface area contributed by atoms with Gasteiger partial charge in [-0.25, -0.2) is 0 Å². The van der Waals surface area contributed by atoms with Crippen LogP contribution in [0.25, 0.3) is 10.9 Å². The van der Waals surface area contributed by atoms with Gasteiger partial charge < -0.3 is 15.5 Å². The fourth-order valence-corrected chi connectivity index (χ4v) is 6.32. The van der Waals surface area contributed by atoms with Crippen LogP contribution in [0.4, 0.5) is 0 Å². The number of nitrogens with two attached hydrogens (primary N) is 1. The van der Waals surface area contributed by atoms with Crippen molar-refractivity contribution in [2.24, 2.45) is 0 Å². The molecule has 4 rings (SSSR count). The maximum Gasteiger partial charge on any atom is 0.210 e. The molecule has 35 heavy (non-hydrogen) atoms. The van der Waals surface area contributed by atoms with Gasteiger partial charge in [-0.05, 0) is 85.4 Å². The van der Waals surface area contributed by atoms with Crippen LogP contribution >= 0.6 is 35.1 Å². The molecule has 1 unspecified atom stereocenters. The molecule has 5 nitrogen and oxygen atoms in total. The first-order valence-corrected chi connectivity index (χ1v) is 14.0. The maximum absolute atomic E-state index is 12.0. The molecular weight excluding hydrogens is 498 g/mol. The quantitative estimate of drug-likeness (QED) is 0.199. The molecule has 0 spiro atoms. The second-order valence-electron chi connectivity index (χ2n) is 8.64. The lowest BCUT2D eigenvalue weighted by Gasteiger charge is -2.34. The summed E-state index contributed by atoms with van der Waals surface area (Å²) in [6, 6.07) is 13.4. The number of halogens is 1. The Hall–Kier alpha value is -2.48. The van der Waals surface area contributed by atoms with Crippen LogP contribution in [0.2, 0.25) is 5.02 Å². The number of carbonyl (C=O) groups is 1. The van der Waals surface area contributed by atoms with Crippen LogP contribution in [-0.4, -0.2) is 34.5 Å². The number of hydrogen-bond acceptors (Lipinski definition) is 5. The summed E-state index contributed by atoms with van der Waals surface area (Å²) in [6.07, 6.45) is 5.87. The number of carbonyl (C=O) groups excluding carboxylic acids is 1. The van der Waals surface area contributed by atoms with Crippen LogP contribution in [-0.2, 0) is 11.2 Å². The maximum atomic E-state index is 12.0. The number of nitrogens with zero attached hydrogens (tertiary/aromatic N) is 2. The fourth-order valence-electron chi connectivity index (χ4n) is 4.41. The molecule has 184 valence electrons. The van der Waals surface area contributed by atoms with E-state index in [4.69, 9.17) is 22.2 Å². The summed E-state index contributed by atoms with van der Waals surface area (Å²) in [5, 5.41) is 2.60. The minimum Gasteiger partial charge on any atom is -0.450 e. The van der Waals surface area contributed by atoms with E-state index in [9.17, 15) is 4.79 Å². The van der Waals surface area contributed by atoms with E-state index in [2.05, 4.69) is 33.1 Å². The molecule has 2 N–H and O–H groups in total. The zero-order chi connectivity index (χ0) is 25.1. The Morgan fingerprint density at radius 3 is 2.60 bits per heavy atom. The Balaban J connectivity index is 1.67. The Morgan fingerprint density at radius 2 is 1.97 bits per heavy atom. The summed E-state index contributed by atoms with van der Waals surface area (Å²) in [6.45, 7) is 6.78. The molecule has 2 aromatic carbocycles. The summed E-state index contributed by atoms with van der Waals surface area (Å²) < 4.78 is 7.97. The molecule has 0 aliphatic carbocycles. The van der Waals surface area contributed by atoms with E-state index in [0.29, 0.717) is 11.6 Å². The van der Waals surface area contributed by atoms with Crippen molar-refractivity contribution >= 4 is 52.4 Å². The predicted molar refractivity (Wildman–Crippen MR) is 151 cm³/mol. The summed E-state index contributed by atoms with van der Waals surface area (Å²) in [7, 11) is 0. The van der Waals surface area contributed by atoms with Crippen LogP contribution in [0.15, 0.2) is 64.1 Å². The van der Waals surface area contributed by atoms with Gasteiger partial charge in [0.05, 0.1) is 17.3 Å². The van der Waals surface area contributed by atoms with E-state index in [1.54, 1.807) is 33.1 Å². The van der Waals surface area contributed by atoms with Crippen molar-refractivity contribution in [1.29, 1.82) is 0 Å². The zero-order valence-corrected chi connectivity index (χ0v) is 22.8. The van der Waals surface area contributed by atoms with Gasteiger partial charge in [0.15, 0.2) is 5.09 Å². The largest absolute Gasteiger partial charge is 0.450 e. The third kappa shape index (κ3) is 5.22. The number of amides is 1. The number of ether oxygens (including phenoxy) is 1. The van der Waals surface area contributed by atoms with Crippen LogP contribution in [0.5, 0.6) is 5.75 Å². The summed E-state index contributed by atoms with van der Waals surface area (Å²) in [5.74, 6) is 8.26. The van der Waals surface area contributed by atoms with Crippen molar-refractivity contribution < 1.29 is 9.53 Å². The van der Waals surface area contributed by atoms with Crippen LogP contribution in [0, 0.1) is 0 Å². The predicted octanol–water partition coefficient (Wildman–Crippen LogP) is 6.74. The topological polar surface area (TPSA) is 60.5 Å². The third-order valence-corrected chi connectivity index (χ3v) is 8.44. The average Bonchev–Trinajstić information content (AvgIpc) is 3.14. The number of fused-ring (bicyclic) bond motifs is 3. The second-order valence-corrected chi connectivity index (χ2v) is 11.0. The van der Waals surface area contributed by atoms with Gasteiger partial charge in [-0.1, -0.05) is 41.6 Å². The number of rotatable bonds is 8. The monoisotopic (exact) mass is 527 g/mol. The number of benzene rings is 2. The second kappa shape index (κ2) is 11.1. The molecule has 1 aliphatic heterocycles. The summed E-state index contributed by atoms with van der Waals surface area (Å²) in [5.41, 5.74) is 5.07. The number of thioether (sulfide) groups is 2. The van der Waals surface area contributed by atoms with Gasteiger partial charge in [0.1, 0.15) is 5.75 Å². The smallest absolute Gasteiger partial charge is 0.210 e. The van der Waals surface area contributed by atoms with Crippen molar-refractivity contribution in [3.63, 3.8) is 0 Å². The summed E-state index contributed by atoms with van der Waals surface area (Å²) in [4.78, 5) is 15.1. The highest BCUT2D eigenvalue weighted by Gasteiger charge is 2.33. The van der Waals surface area contributed by atoms with E-state index < -0.39 is 0 Å². The van der Waals surface area contributed by atoms with Gasteiger partial charge in [0, 0.05) is 22.7 Å². The Bertz CT molecular complexity index is 1290. The molecule has 1 atom stereocenters. The first kappa shape index (κ1) is 25.6. The lowest BCUT2D eigenvalue weighted by Crippen LogP contribution is -2.37. The standard InChI is InChI=1S/C27H30ClN3O2S2/c1-5-21(15-34-4)35-27(17(2)3)33-20-9-6-18(7-10-20)25-26-22(12-13-30(25)16-32)23-14-19(28)8-11-24(23)31(26)29/h5-11,14,16,25H,12-13,15,29H2,1-4H3/b21-5-. The molecular formula is C27H30ClN3O2S2. The molecule has 0 fully saturated rings. The van der Waals surface area contributed by atoms with Crippen molar-refractivity contribution in [3.05, 3.63) is 86.0 Å². The first-order chi connectivity index (χ1) is 16.9. The van der Waals surface area contributed by atoms with Crippen LogP contribution in [0.3, 0.4) is 0 Å². The van der Waals surface area contributed by atoms with E-state index in [1.165, 1.54) is 4.91 Å². The van der Waals surface area contributed by atoms with Crippen molar-refractivity contribution in [1.82, 2.24) is 9.58 Å². The highest BCUT2D eigenvalue weighted by molar-refractivity contribution is 8.08. The van der Waals surface area contributed by atoms with Crippen molar-refractivity contribution in [2.75, 3.05) is 24.4 Å². The van der Waals surface area contributed by atoms with Crippen molar-refractivity contribution in [2.45, 2.75) is 33.2 Å². The highest BCUT2D eigenvalue weighted by atomic mass is 35.5. The lowest BCUT2D eigenvalue weighted by atomic mass is 9.93. The SMILES string of the molecule is C/C=C(/CSC)SC(Oc1ccc(C2c3c(c4cc(Cl)ccc4n3N)CCN2C=O)cc1)=C(C)C. The van der Waals surface area contributed by atoms with E-state index in [1.807, 2.05) is 42.5 Å². The molecule has 2 heterocycles. The van der Waals surface area contributed by atoms with Crippen LogP contribution < -0.4 is 10.6 Å². The number of allylic oxidation sites excluding steroid dienone is 2. The molecule has 0 bridgehead atoms. The molecule has 1 aromatic heterocycles. The van der Waals surface area contributed by atoms with Gasteiger partial charge >= 0.3 is 0 Å². The van der Waals surface area contributed by atoms with E-state index in [-0.39, 0.29) is 6.04 Å². The Morgan fingerprint density at radius 1 is 1.23 bits per heavy atom. The highest BCUT2D eigenvalue weighted by Crippen LogP contribution is 2.40. The molecule has 3 aromatic rings. The number of nitrogen functional groups attached to an aromatic ring is 1. The van der Waals surface area contributed by atoms with Gasteiger partial charge in [0.2, 0.25) is 6.41 Å². The van der Waals surface area contributed by atoms with Gasteiger partial charge in [-0.15, -0.1) is 0 Å². The van der Waals surface area contributed by atoms with E-state index in [0.717, 1.165) is 62.7 Å². The molecule has 0 saturated heterocycles. The molecule has 1 amide bonds. The minimum atomic E-state index is -0.282. The molecule has 8 heteroatoms. The fraction of sp³-hybridized carbons (Fsp3) is 0.296. The molecule has 1 aliphatic rings. The lowest BCUT2D eigenvalue weighted by molar-refractivity contribution is -0.120. The Kier molecular flexibility index (Phi) is 8.09. The van der Waals surface area contributed by atoms with E-state index >= 15 is 0 Å². The third-order valence-electron chi connectivity index (χ3n) is 6.11. The summed E-state index contributed by atoms with van der Waals surface area (Å²) >= 11 is 9.73. The average molecular weight is 528 g/mol. The normalized spacial score (nSPS) is 15.7. The zero-order valence-electron chi connectivity index (χ0n) is 20.4. The number of hydrogen-bond donors (Lipinski definition) is 1.